The second kappa shape index (κ2) is 20.7. The zero-order valence-electron chi connectivity index (χ0n) is 18.9. The summed E-state index contributed by atoms with van der Waals surface area (Å²) in [5.41, 5.74) is 0. The molecule has 166 valence electrons. The van der Waals surface area contributed by atoms with Crippen molar-refractivity contribution in [3.8, 4) is 0 Å². The Hall–Kier alpha value is -1.06. The number of ether oxygens (including phenoxy) is 2. The number of rotatable bonds is 20. The molecule has 0 amide bonds. The first-order chi connectivity index (χ1) is 13.6. The van der Waals surface area contributed by atoms with Gasteiger partial charge in [-0.2, -0.15) is 0 Å². The number of hydrogen-bond acceptors (Lipinski definition) is 4. The summed E-state index contributed by atoms with van der Waals surface area (Å²) in [6.07, 6.45) is 19.2. The van der Waals surface area contributed by atoms with Crippen LogP contribution in [0.4, 0.5) is 0 Å². The quantitative estimate of drug-likeness (QED) is 0.121. The van der Waals surface area contributed by atoms with Gasteiger partial charge in [0.05, 0.1) is 0 Å². The summed E-state index contributed by atoms with van der Waals surface area (Å²) < 4.78 is 10.4. The van der Waals surface area contributed by atoms with Gasteiger partial charge in [0.2, 0.25) is 6.29 Å². The van der Waals surface area contributed by atoms with Crippen molar-refractivity contribution in [2.24, 2.45) is 0 Å². The molecule has 0 aromatic carbocycles. The van der Waals surface area contributed by atoms with Crippen molar-refractivity contribution in [2.75, 3.05) is 0 Å². The lowest BCUT2D eigenvalue weighted by atomic mass is 10.1. The molecule has 28 heavy (non-hydrogen) atoms. The first-order valence-electron chi connectivity index (χ1n) is 12.0. The van der Waals surface area contributed by atoms with Gasteiger partial charge in [0.25, 0.3) is 0 Å². The van der Waals surface area contributed by atoms with Crippen molar-refractivity contribution in [2.45, 2.75) is 143 Å². The molecule has 0 radical (unpaired) electrons. The lowest BCUT2D eigenvalue weighted by Gasteiger charge is -2.14. The molecule has 4 nitrogen and oxygen atoms in total. The van der Waals surface area contributed by atoms with Gasteiger partial charge in [-0.25, -0.2) is 0 Å². The van der Waals surface area contributed by atoms with Gasteiger partial charge in [-0.15, -0.1) is 0 Å². The second-order valence-electron chi connectivity index (χ2n) is 8.00. The van der Waals surface area contributed by atoms with E-state index in [0.717, 1.165) is 25.7 Å². The third-order valence-corrected chi connectivity index (χ3v) is 5.06. The minimum Gasteiger partial charge on any atom is -0.425 e. The molecule has 0 aromatic heterocycles. The van der Waals surface area contributed by atoms with Crippen molar-refractivity contribution in [3.63, 3.8) is 0 Å². The lowest BCUT2D eigenvalue weighted by molar-refractivity contribution is -0.184. The molecule has 0 bridgehead atoms. The third kappa shape index (κ3) is 19.7. The van der Waals surface area contributed by atoms with Crippen LogP contribution >= 0.6 is 0 Å². The molecular weight excluding hydrogens is 352 g/mol. The SMILES string of the molecule is CCCCCCCCCCC(=O)OC(C)OC(=O)CCCCCCCCCC. The molecule has 4 heteroatoms. The Balaban J connectivity index is 3.50. The van der Waals surface area contributed by atoms with Crippen LogP contribution in [-0.4, -0.2) is 18.2 Å². The number of esters is 2. The standard InChI is InChI=1S/C24H46O4/c1-4-6-8-10-12-14-16-18-20-23(25)27-22(3)28-24(26)21-19-17-15-13-11-9-7-5-2/h22H,4-21H2,1-3H3. The Bertz CT molecular complexity index is 334. The van der Waals surface area contributed by atoms with Crippen LogP contribution in [0, 0.1) is 0 Å². The van der Waals surface area contributed by atoms with E-state index < -0.39 is 6.29 Å². The average Bonchev–Trinajstić information content (AvgIpc) is 2.65. The van der Waals surface area contributed by atoms with Gasteiger partial charge in [-0.1, -0.05) is 104 Å². The van der Waals surface area contributed by atoms with Crippen LogP contribution in [0.15, 0.2) is 0 Å². The molecule has 0 unspecified atom stereocenters. The monoisotopic (exact) mass is 398 g/mol. The molecule has 0 aliphatic heterocycles. The summed E-state index contributed by atoms with van der Waals surface area (Å²) in [5, 5.41) is 0. The molecule has 0 heterocycles. The van der Waals surface area contributed by atoms with Gasteiger partial charge >= 0.3 is 11.9 Å². The topological polar surface area (TPSA) is 52.6 Å². The first-order valence-corrected chi connectivity index (χ1v) is 12.0. The molecule has 0 aliphatic carbocycles. The van der Waals surface area contributed by atoms with Gasteiger partial charge in [0.1, 0.15) is 0 Å². The molecule has 0 rings (SSSR count). The Labute approximate surface area is 174 Å². The Morgan fingerprint density at radius 3 is 1.14 bits per heavy atom. The van der Waals surface area contributed by atoms with Crippen LogP contribution in [0.2, 0.25) is 0 Å². The van der Waals surface area contributed by atoms with E-state index in [4.69, 9.17) is 9.47 Å². The highest BCUT2D eigenvalue weighted by atomic mass is 16.7. The van der Waals surface area contributed by atoms with E-state index in [0.29, 0.717) is 12.8 Å². The molecule has 0 aromatic rings. The first kappa shape index (κ1) is 26.9. The number of carbonyl (C=O) groups excluding carboxylic acids is 2. The Morgan fingerprint density at radius 1 is 0.536 bits per heavy atom. The Morgan fingerprint density at radius 2 is 0.821 bits per heavy atom. The minimum atomic E-state index is -0.775. The third-order valence-electron chi connectivity index (χ3n) is 5.06. The van der Waals surface area contributed by atoms with Gasteiger partial charge in [0, 0.05) is 19.8 Å². The van der Waals surface area contributed by atoms with Gasteiger partial charge < -0.3 is 9.47 Å². The summed E-state index contributed by atoms with van der Waals surface area (Å²) >= 11 is 0. The lowest BCUT2D eigenvalue weighted by Crippen LogP contribution is -2.21. The molecular formula is C24H46O4. The van der Waals surface area contributed by atoms with Crippen molar-refractivity contribution < 1.29 is 19.1 Å². The van der Waals surface area contributed by atoms with E-state index >= 15 is 0 Å². The predicted octanol–water partition coefficient (Wildman–Crippen LogP) is 7.48. The number of unbranched alkanes of at least 4 members (excludes halogenated alkanes) is 14. The summed E-state index contributed by atoms with van der Waals surface area (Å²) in [4.78, 5) is 23.6. The number of carbonyl (C=O) groups is 2. The minimum absolute atomic E-state index is 0.265. The van der Waals surface area contributed by atoms with Crippen molar-refractivity contribution in [1.82, 2.24) is 0 Å². The molecule has 0 N–H and O–H groups in total. The molecule has 0 aliphatic rings. The molecule has 0 fully saturated rings. The largest absolute Gasteiger partial charge is 0.425 e. The van der Waals surface area contributed by atoms with Crippen LogP contribution in [0.1, 0.15) is 136 Å². The van der Waals surface area contributed by atoms with E-state index in [-0.39, 0.29) is 11.9 Å². The van der Waals surface area contributed by atoms with E-state index in [1.807, 2.05) is 0 Å². The van der Waals surface area contributed by atoms with E-state index in [1.54, 1.807) is 6.92 Å². The van der Waals surface area contributed by atoms with E-state index in [9.17, 15) is 9.59 Å². The normalized spacial score (nSPS) is 11.0. The van der Waals surface area contributed by atoms with Crippen molar-refractivity contribution in [1.29, 1.82) is 0 Å². The maximum atomic E-state index is 11.8. The maximum absolute atomic E-state index is 11.8. The van der Waals surface area contributed by atoms with Gasteiger partial charge in [0.15, 0.2) is 0 Å². The zero-order chi connectivity index (χ0) is 20.9. The van der Waals surface area contributed by atoms with Crippen LogP contribution in [0.25, 0.3) is 0 Å². The molecule has 0 saturated carbocycles. The van der Waals surface area contributed by atoms with Crippen LogP contribution < -0.4 is 0 Å². The predicted molar refractivity (Wildman–Crippen MR) is 116 cm³/mol. The number of hydrogen-bond donors (Lipinski definition) is 0. The highest BCUT2D eigenvalue weighted by Crippen LogP contribution is 2.12. The van der Waals surface area contributed by atoms with Crippen molar-refractivity contribution in [3.05, 3.63) is 0 Å². The second-order valence-corrected chi connectivity index (χ2v) is 8.00. The van der Waals surface area contributed by atoms with Crippen LogP contribution in [0.3, 0.4) is 0 Å². The Kier molecular flexibility index (Phi) is 19.9. The fourth-order valence-corrected chi connectivity index (χ4v) is 3.32. The van der Waals surface area contributed by atoms with Gasteiger partial charge in [-0.3, -0.25) is 9.59 Å². The fourth-order valence-electron chi connectivity index (χ4n) is 3.32. The van der Waals surface area contributed by atoms with Crippen molar-refractivity contribution >= 4 is 11.9 Å². The zero-order valence-corrected chi connectivity index (χ0v) is 18.9. The van der Waals surface area contributed by atoms with Gasteiger partial charge in [-0.05, 0) is 12.8 Å². The summed E-state index contributed by atoms with van der Waals surface area (Å²) in [7, 11) is 0. The summed E-state index contributed by atoms with van der Waals surface area (Å²) in [6.45, 7) is 6.07. The van der Waals surface area contributed by atoms with Crippen LogP contribution in [0.5, 0.6) is 0 Å². The average molecular weight is 399 g/mol. The fraction of sp³-hybridized carbons (Fsp3) is 0.917. The summed E-state index contributed by atoms with van der Waals surface area (Å²) in [5.74, 6) is -0.531. The highest BCUT2D eigenvalue weighted by molar-refractivity contribution is 5.71. The molecule has 0 spiro atoms. The van der Waals surface area contributed by atoms with E-state index in [1.165, 1.54) is 77.0 Å². The molecule has 0 atom stereocenters. The highest BCUT2D eigenvalue weighted by Gasteiger charge is 2.13. The van der Waals surface area contributed by atoms with Crippen LogP contribution in [-0.2, 0) is 19.1 Å². The van der Waals surface area contributed by atoms with E-state index in [2.05, 4.69) is 13.8 Å². The molecule has 0 saturated heterocycles. The maximum Gasteiger partial charge on any atom is 0.308 e. The summed E-state index contributed by atoms with van der Waals surface area (Å²) in [6, 6.07) is 0. The smallest absolute Gasteiger partial charge is 0.308 e.